The van der Waals surface area contributed by atoms with Crippen LogP contribution in [-0.4, -0.2) is 41.5 Å². The molecule has 6 nitrogen and oxygen atoms in total. The minimum atomic E-state index is -1.04. The smallest absolute Gasteiger partial charge is 0.252 e. The minimum absolute atomic E-state index is 0.0286. The molecule has 0 radical (unpaired) electrons. The number of carbonyl (C=O) groups excluding carboxylic acids is 1. The van der Waals surface area contributed by atoms with E-state index in [0.717, 1.165) is 6.07 Å². The summed E-state index contributed by atoms with van der Waals surface area (Å²) in [6.45, 7) is 4.07. The summed E-state index contributed by atoms with van der Waals surface area (Å²) in [5, 5.41) is 24.4. The third-order valence-electron chi connectivity index (χ3n) is 3.86. The van der Waals surface area contributed by atoms with Crippen LogP contribution in [0.5, 0.6) is 0 Å². The molecular formula is C16H20ClFN4O2. The SMILES string of the molecule is CC(C)(O)C1CNC/C(=C(/C(=N)c2ccc(F)c(Cl)c2)C(N)=O)N1. The van der Waals surface area contributed by atoms with Crippen LogP contribution in [0.25, 0.3) is 0 Å². The quantitative estimate of drug-likeness (QED) is 0.409. The Morgan fingerprint density at radius 1 is 1.50 bits per heavy atom. The van der Waals surface area contributed by atoms with Gasteiger partial charge < -0.3 is 21.5 Å². The number of hydrogen-bond donors (Lipinski definition) is 5. The molecule has 1 aliphatic rings. The molecule has 1 aliphatic heterocycles. The fourth-order valence-corrected chi connectivity index (χ4v) is 2.64. The lowest BCUT2D eigenvalue weighted by molar-refractivity contribution is -0.114. The molecule has 0 spiro atoms. The Bertz CT molecular complexity index is 713. The molecule has 24 heavy (non-hydrogen) atoms. The van der Waals surface area contributed by atoms with Crippen LogP contribution in [0.4, 0.5) is 4.39 Å². The first-order valence-electron chi connectivity index (χ1n) is 7.38. The standard InChI is InChI=1S/C16H20ClFN4O2/c1-16(2,24)12-7-21-6-11(22-12)13(15(20)23)14(19)8-3-4-10(18)9(17)5-8/h3-5,12,19,21-22,24H,6-7H2,1-2H3,(H2,20,23)/b13-11+,19-14?. The number of benzene rings is 1. The third kappa shape index (κ3) is 3.92. The number of halogens is 2. The topological polar surface area (TPSA) is 111 Å². The molecule has 1 amide bonds. The zero-order chi connectivity index (χ0) is 18.1. The van der Waals surface area contributed by atoms with Gasteiger partial charge in [0.1, 0.15) is 5.82 Å². The lowest BCUT2D eigenvalue weighted by atomic mass is 9.94. The summed E-state index contributed by atoms with van der Waals surface area (Å²) in [5.74, 6) is -1.40. The fraction of sp³-hybridized carbons (Fsp3) is 0.375. The minimum Gasteiger partial charge on any atom is -0.388 e. The van der Waals surface area contributed by atoms with Gasteiger partial charge >= 0.3 is 0 Å². The Kier molecular flexibility index (Phi) is 5.27. The van der Waals surface area contributed by atoms with Crippen LogP contribution in [0.2, 0.25) is 5.02 Å². The number of aliphatic hydroxyl groups is 1. The molecule has 1 fully saturated rings. The summed E-state index contributed by atoms with van der Waals surface area (Å²) >= 11 is 5.75. The predicted molar refractivity (Wildman–Crippen MR) is 90.6 cm³/mol. The van der Waals surface area contributed by atoms with Crippen LogP contribution in [0, 0.1) is 11.2 Å². The van der Waals surface area contributed by atoms with Crippen molar-refractivity contribution in [3.63, 3.8) is 0 Å². The van der Waals surface area contributed by atoms with E-state index in [0.29, 0.717) is 18.8 Å². The van der Waals surface area contributed by atoms with Crippen LogP contribution in [-0.2, 0) is 4.79 Å². The maximum Gasteiger partial charge on any atom is 0.252 e. The van der Waals surface area contributed by atoms with Gasteiger partial charge in [-0.05, 0) is 32.0 Å². The summed E-state index contributed by atoms with van der Waals surface area (Å²) < 4.78 is 13.3. The molecule has 1 heterocycles. The highest BCUT2D eigenvalue weighted by molar-refractivity contribution is 6.32. The van der Waals surface area contributed by atoms with Gasteiger partial charge in [-0.15, -0.1) is 0 Å². The fourth-order valence-electron chi connectivity index (χ4n) is 2.46. The van der Waals surface area contributed by atoms with Crippen molar-refractivity contribution in [3.05, 3.63) is 45.9 Å². The first-order chi connectivity index (χ1) is 11.1. The summed E-state index contributed by atoms with van der Waals surface area (Å²) in [5.41, 5.74) is 4.91. The van der Waals surface area contributed by atoms with E-state index in [2.05, 4.69) is 10.6 Å². The van der Waals surface area contributed by atoms with E-state index in [1.807, 2.05) is 0 Å². The first-order valence-corrected chi connectivity index (χ1v) is 7.76. The van der Waals surface area contributed by atoms with Crippen molar-refractivity contribution < 1.29 is 14.3 Å². The van der Waals surface area contributed by atoms with Crippen LogP contribution < -0.4 is 16.4 Å². The molecule has 1 atom stereocenters. The normalized spacial score (nSPS) is 20.3. The maximum atomic E-state index is 13.3. The summed E-state index contributed by atoms with van der Waals surface area (Å²) in [4.78, 5) is 11.9. The molecular weight excluding hydrogens is 335 g/mol. The number of hydrogen-bond acceptors (Lipinski definition) is 5. The van der Waals surface area contributed by atoms with Crippen LogP contribution in [0.1, 0.15) is 19.4 Å². The van der Waals surface area contributed by atoms with Gasteiger partial charge in [0.2, 0.25) is 0 Å². The second-order valence-electron chi connectivity index (χ2n) is 6.20. The molecule has 8 heteroatoms. The molecule has 1 unspecified atom stereocenters. The van der Waals surface area contributed by atoms with Crippen LogP contribution >= 0.6 is 11.6 Å². The molecule has 1 aromatic rings. The van der Waals surface area contributed by atoms with Crippen molar-refractivity contribution in [1.82, 2.24) is 10.6 Å². The van der Waals surface area contributed by atoms with E-state index in [9.17, 15) is 14.3 Å². The zero-order valence-corrected chi connectivity index (χ0v) is 14.2. The van der Waals surface area contributed by atoms with E-state index < -0.39 is 17.3 Å². The van der Waals surface area contributed by atoms with Gasteiger partial charge in [-0.1, -0.05) is 11.6 Å². The maximum absolute atomic E-state index is 13.3. The predicted octanol–water partition coefficient (Wildman–Crippen LogP) is 0.919. The summed E-state index contributed by atoms with van der Waals surface area (Å²) in [7, 11) is 0. The Labute approximate surface area is 144 Å². The highest BCUT2D eigenvalue weighted by atomic mass is 35.5. The Hall–Kier alpha value is -1.96. The number of nitrogens with two attached hydrogens (primary N) is 1. The van der Waals surface area contributed by atoms with Gasteiger partial charge in [0.25, 0.3) is 5.91 Å². The molecule has 6 N–H and O–H groups in total. The third-order valence-corrected chi connectivity index (χ3v) is 4.15. The zero-order valence-electron chi connectivity index (χ0n) is 13.4. The Morgan fingerprint density at radius 3 is 2.71 bits per heavy atom. The Morgan fingerprint density at radius 2 is 2.17 bits per heavy atom. The number of nitrogens with one attached hydrogen (secondary N) is 3. The van der Waals surface area contributed by atoms with Gasteiger partial charge in [0.05, 0.1) is 28.0 Å². The number of carbonyl (C=O) groups is 1. The van der Waals surface area contributed by atoms with Gasteiger partial charge in [-0.3, -0.25) is 10.2 Å². The average molecular weight is 355 g/mol. The molecule has 130 valence electrons. The van der Waals surface area contributed by atoms with Crippen molar-refractivity contribution in [3.8, 4) is 0 Å². The average Bonchev–Trinajstić information content (AvgIpc) is 2.49. The van der Waals surface area contributed by atoms with Gasteiger partial charge in [-0.2, -0.15) is 0 Å². The molecule has 2 rings (SSSR count). The van der Waals surface area contributed by atoms with E-state index in [-0.39, 0.29) is 27.9 Å². The number of rotatable bonds is 4. The first kappa shape index (κ1) is 18.4. The van der Waals surface area contributed by atoms with E-state index in [1.165, 1.54) is 12.1 Å². The lowest BCUT2D eigenvalue weighted by Crippen LogP contribution is -2.57. The highest BCUT2D eigenvalue weighted by Crippen LogP contribution is 2.21. The summed E-state index contributed by atoms with van der Waals surface area (Å²) in [6.07, 6.45) is 0. The summed E-state index contributed by atoms with van der Waals surface area (Å²) in [6, 6.07) is 3.39. The Balaban J connectivity index is 2.42. The van der Waals surface area contributed by atoms with Crippen molar-refractivity contribution in [1.29, 1.82) is 5.41 Å². The second-order valence-corrected chi connectivity index (χ2v) is 6.61. The van der Waals surface area contributed by atoms with Crippen molar-refractivity contribution in [2.45, 2.75) is 25.5 Å². The second kappa shape index (κ2) is 6.88. The van der Waals surface area contributed by atoms with E-state index in [4.69, 9.17) is 22.7 Å². The van der Waals surface area contributed by atoms with Crippen molar-refractivity contribution >= 4 is 23.2 Å². The monoisotopic (exact) mass is 354 g/mol. The van der Waals surface area contributed by atoms with Gasteiger partial charge in [-0.25, -0.2) is 4.39 Å². The number of amides is 1. The van der Waals surface area contributed by atoms with Crippen LogP contribution in [0.15, 0.2) is 29.5 Å². The van der Waals surface area contributed by atoms with Crippen molar-refractivity contribution in [2.75, 3.05) is 13.1 Å². The molecule has 0 saturated carbocycles. The van der Waals surface area contributed by atoms with Gasteiger partial charge in [0.15, 0.2) is 0 Å². The van der Waals surface area contributed by atoms with Crippen LogP contribution in [0.3, 0.4) is 0 Å². The molecule has 0 aromatic heterocycles. The van der Waals surface area contributed by atoms with Crippen molar-refractivity contribution in [2.24, 2.45) is 5.73 Å². The molecule has 0 bridgehead atoms. The van der Waals surface area contributed by atoms with Gasteiger partial charge in [0, 0.05) is 24.4 Å². The molecule has 1 aromatic carbocycles. The van der Waals surface area contributed by atoms with E-state index >= 15 is 0 Å². The van der Waals surface area contributed by atoms with E-state index in [1.54, 1.807) is 13.8 Å². The highest BCUT2D eigenvalue weighted by Gasteiger charge is 2.32. The molecule has 0 aliphatic carbocycles. The lowest BCUT2D eigenvalue weighted by Gasteiger charge is -2.36. The molecule has 1 saturated heterocycles. The largest absolute Gasteiger partial charge is 0.388 e. The number of piperazine rings is 1. The number of primary amides is 1.